The van der Waals surface area contributed by atoms with Crippen molar-refractivity contribution in [3.8, 4) is 0 Å². The second-order valence-corrected chi connectivity index (χ2v) is 10.1. The van der Waals surface area contributed by atoms with Crippen LogP contribution in [0.2, 0.25) is 0 Å². The van der Waals surface area contributed by atoms with Crippen LogP contribution in [0.1, 0.15) is 61.4 Å². The number of hydrogen-bond acceptors (Lipinski definition) is 3. The average molecular weight is 432 g/mol. The lowest BCUT2D eigenvalue weighted by Crippen LogP contribution is -2.53. The molecule has 6 rings (SSSR count). The number of benzene rings is 1. The maximum atomic E-state index is 13.1. The van der Waals surface area contributed by atoms with E-state index in [1.807, 2.05) is 29.2 Å². The van der Waals surface area contributed by atoms with Crippen molar-refractivity contribution in [3.63, 3.8) is 0 Å². The molecule has 1 saturated heterocycles. The quantitative estimate of drug-likeness (QED) is 0.768. The monoisotopic (exact) mass is 431 g/mol. The Morgan fingerprint density at radius 1 is 1.07 bits per heavy atom. The van der Waals surface area contributed by atoms with Crippen LogP contribution in [0, 0.1) is 23.2 Å². The molecule has 164 valence electrons. The molecule has 1 atom stereocenters. The topological polar surface area (TPSA) is 61.4 Å². The Balaban J connectivity index is 0.00000218. The number of amides is 2. The van der Waals surface area contributed by atoms with Gasteiger partial charge in [-0.3, -0.25) is 9.59 Å². The molecule has 4 saturated carbocycles. The van der Waals surface area contributed by atoms with Crippen LogP contribution < -0.4 is 10.6 Å². The molecular formula is C24H34ClN3O2. The van der Waals surface area contributed by atoms with Crippen molar-refractivity contribution in [2.75, 3.05) is 19.6 Å². The van der Waals surface area contributed by atoms with E-state index in [-0.39, 0.29) is 35.7 Å². The van der Waals surface area contributed by atoms with Gasteiger partial charge >= 0.3 is 0 Å². The summed E-state index contributed by atoms with van der Waals surface area (Å²) in [6, 6.07) is 8.00. The van der Waals surface area contributed by atoms with Gasteiger partial charge in [-0.2, -0.15) is 0 Å². The minimum atomic E-state index is -0.0942. The highest BCUT2D eigenvalue weighted by Gasteiger charge is 2.54. The summed E-state index contributed by atoms with van der Waals surface area (Å²) in [6.45, 7) is 5.09. The number of carbonyl (C=O) groups excluding carboxylic acids is 2. The smallest absolute Gasteiger partial charge is 0.254 e. The van der Waals surface area contributed by atoms with E-state index in [4.69, 9.17) is 0 Å². The van der Waals surface area contributed by atoms with E-state index >= 15 is 0 Å². The third kappa shape index (κ3) is 3.99. The number of rotatable bonds is 4. The molecule has 5 aliphatic rings. The summed E-state index contributed by atoms with van der Waals surface area (Å²) in [6.07, 6.45) is 7.36. The molecule has 2 amide bonds. The maximum Gasteiger partial charge on any atom is 0.254 e. The molecule has 1 aromatic rings. The van der Waals surface area contributed by atoms with Gasteiger partial charge in [0.25, 0.3) is 5.91 Å². The van der Waals surface area contributed by atoms with Crippen LogP contribution in [-0.2, 0) is 11.3 Å². The second kappa shape index (κ2) is 8.51. The van der Waals surface area contributed by atoms with Crippen molar-refractivity contribution >= 4 is 24.2 Å². The van der Waals surface area contributed by atoms with E-state index in [0.717, 1.165) is 67.8 Å². The molecule has 0 radical (unpaired) electrons. The lowest BCUT2D eigenvalue weighted by atomic mass is 9.49. The fraction of sp³-hybridized carbons (Fsp3) is 0.667. The van der Waals surface area contributed by atoms with Gasteiger partial charge in [0.15, 0.2) is 0 Å². The van der Waals surface area contributed by atoms with Crippen LogP contribution in [0.5, 0.6) is 0 Å². The molecule has 5 nitrogen and oxygen atoms in total. The SMILES string of the molecule is CC1CNCCN1C(=O)c1ccc(CNC(=O)C23CC4CC(CC(C4)C2)C3)cc1.Cl. The van der Waals surface area contributed by atoms with Crippen molar-refractivity contribution in [3.05, 3.63) is 35.4 Å². The summed E-state index contributed by atoms with van der Waals surface area (Å²) in [5, 5.41) is 6.55. The van der Waals surface area contributed by atoms with Gasteiger partial charge in [0.05, 0.1) is 0 Å². The first-order chi connectivity index (χ1) is 14.0. The van der Waals surface area contributed by atoms with E-state index < -0.39 is 0 Å². The van der Waals surface area contributed by atoms with Gasteiger partial charge in [-0.25, -0.2) is 0 Å². The van der Waals surface area contributed by atoms with E-state index in [9.17, 15) is 9.59 Å². The first-order valence-electron chi connectivity index (χ1n) is 11.4. The predicted molar refractivity (Wildman–Crippen MR) is 120 cm³/mol. The zero-order chi connectivity index (χ0) is 20.0. The van der Waals surface area contributed by atoms with E-state index in [1.54, 1.807) is 0 Å². The van der Waals surface area contributed by atoms with Crippen LogP contribution >= 0.6 is 12.4 Å². The average Bonchev–Trinajstić information content (AvgIpc) is 2.71. The molecule has 5 fully saturated rings. The molecule has 1 aromatic carbocycles. The molecule has 4 bridgehead atoms. The standard InChI is InChI=1S/C24H33N3O2.ClH/c1-16-14-25-6-7-27(16)22(28)21-4-2-17(3-5-21)15-26-23(29)24-11-18-8-19(12-24)10-20(9-18)13-24;/h2-5,16,18-20,25H,6-15H2,1H3,(H,26,29);1H. The molecular weight excluding hydrogens is 398 g/mol. The largest absolute Gasteiger partial charge is 0.352 e. The molecule has 1 aliphatic heterocycles. The minimum Gasteiger partial charge on any atom is -0.352 e. The van der Waals surface area contributed by atoms with E-state index in [0.29, 0.717) is 6.54 Å². The van der Waals surface area contributed by atoms with E-state index in [1.165, 1.54) is 19.3 Å². The van der Waals surface area contributed by atoms with Gasteiger partial charge in [-0.05, 0) is 80.9 Å². The maximum absolute atomic E-state index is 13.1. The van der Waals surface area contributed by atoms with Crippen molar-refractivity contribution in [2.24, 2.45) is 23.2 Å². The van der Waals surface area contributed by atoms with Gasteiger partial charge in [-0.15, -0.1) is 12.4 Å². The summed E-state index contributed by atoms with van der Waals surface area (Å²) >= 11 is 0. The fourth-order valence-electron chi connectivity index (χ4n) is 6.83. The second-order valence-electron chi connectivity index (χ2n) is 10.1. The Hall–Kier alpha value is -1.59. The highest BCUT2D eigenvalue weighted by atomic mass is 35.5. The van der Waals surface area contributed by atoms with Crippen LogP contribution in [0.15, 0.2) is 24.3 Å². The Morgan fingerprint density at radius 2 is 1.67 bits per heavy atom. The predicted octanol–water partition coefficient (Wildman–Crippen LogP) is 3.37. The van der Waals surface area contributed by atoms with Gasteiger partial charge in [0.2, 0.25) is 5.91 Å². The normalized spacial score (nSPS) is 34.4. The summed E-state index contributed by atoms with van der Waals surface area (Å²) < 4.78 is 0. The number of halogens is 1. The summed E-state index contributed by atoms with van der Waals surface area (Å²) in [5.74, 6) is 2.72. The fourth-order valence-corrected chi connectivity index (χ4v) is 6.83. The minimum absolute atomic E-state index is 0. The Labute approximate surface area is 185 Å². The molecule has 0 spiro atoms. The van der Waals surface area contributed by atoms with Crippen molar-refractivity contribution < 1.29 is 9.59 Å². The Kier molecular flexibility index (Phi) is 6.13. The van der Waals surface area contributed by atoms with Crippen molar-refractivity contribution in [2.45, 2.75) is 58.0 Å². The molecule has 2 N–H and O–H groups in total. The molecule has 6 heteroatoms. The lowest BCUT2D eigenvalue weighted by molar-refractivity contribution is -0.146. The number of piperazine rings is 1. The highest BCUT2D eigenvalue weighted by Crippen LogP contribution is 2.60. The Bertz CT molecular complexity index is 759. The van der Waals surface area contributed by atoms with Gasteiger partial charge in [0, 0.05) is 43.2 Å². The molecule has 30 heavy (non-hydrogen) atoms. The van der Waals surface area contributed by atoms with Crippen LogP contribution in [0.3, 0.4) is 0 Å². The summed E-state index contributed by atoms with van der Waals surface area (Å²) in [7, 11) is 0. The van der Waals surface area contributed by atoms with Crippen LogP contribution in [0.25, 0.3) is 0 Å². The third-order valence-corrected chi connectivity index (χ3v) is 7.94. The van der Waals surface area contributed by atoms with Crippen molar-refractivity contribution in [1.29, 1.82) is 0 Å². The molecule has 1 unspecified atom stereocenters. The molecule has 0 aromatic heterocycles. The summed E-state index contributed by atoms with van der Waals surface area (Å²) in [5.41, 5.74) is 1.70. The number of hydrogen-bond donors (Lipinski definition) is 2. The number of carbonyl (C=O) groups is 2. The van der Waals surface area contributed by atoms with Crippen molar-refractivity contribution in [1.82, 2.24) is 15.5 Å². The van der Waals surface area contributed by atoms with E-state index in [2.05, 4.69) is 17.6 Å². The summed E-state index contributed by atoms with van der Waals surface area (Å²) in [4.78, 5) is 27.8. The number of nitrogens with zero attached hydrogens (tertiary/aromatic N) is 1. The van der Waals surface area contributed by atoms with Gasteiger partial charge < -0.3 is 15.5 Å². The zero-order valence-electron chi connectivity index (χ0n) is 17.9. The molecule has 1 heterocycles. The van der Waals surface area contributed by atoms with Crippen LogP contribution in [-0.4, -0.2) is 42.4 Å². The first-order valence-corrected chi connectivity index (χ1v) is 11.4. The van der Waals surface area contributed by atoms with Gasteiger partial charge in [0.1, 0.15) is 0 Å². The zero-order valence-corrected chi connectivity index (χ0v) is 18.7. The van der Waals surface area contributed by atoms with Crippen LogP contribution in [0.4, 0.5) is 0 Å². The third-order valence-electron chi connectivity index (χ3n) is 7.94. The molecule has 4 aliphatic carbocycles. The number of nitrogens with one attached hydrogen (secondary N) is 2. The first kappa shape index (κ1) is 21.6. The Morgan fingerprint density at radius 3 is 2.23 bits per heavy atom. The highest BCUT2D eigenvalue weighted by molar-refractivity contribution is 5.94. The van der Waals surface area contributed by atoms with Gasteiger partial charge in [-0.1, -0.05) is 12.1 Å². The lowest BCUT2D eigenvalue weighted by Gasteiger charge is -2.55.